The summed E-state index contributed by atoms with van der Waals surface area (Å²) in [4.78, 5) is 25.5. The zero-order chi connectivity index (χ0) is 19.0. The van der Waals surface area contributed by atoms with Gasteiger partial charge in [0, 0.05) is 48.7 Å². The Kier molecular flexibility index (Phi) is 4.49. The summed E-state index contributed by atoms with van der Waals surface area (Å²) in [6.07, 6.45) is 3.66. The number of nitrogens with one attached hydrogen (secondary N) is 1. The molecule has 0 radical (unpaired) electrons. The zero-order valence-corrected chi connectivity index (χ0v) is 14.2. The van der Waals surface area contributed by atoms with Gasteiger partial charge >= 0.3 is 0 Å². The first-order valence-corrected chi connectivity index (χ1v) is 8.40. The number of nitrogens with zero attached hydrogens (tertiary/aromatic N) is 3. The van der Waals surface area contributed by atoms with Crippen molar-refractivity contribution in [3.05, 3.63) is 81.3 Å². The lowest BCUT2D eigenvalue weighted by Gasteiger charge is -2.27. The molecule has 27 heavy (non-hydrogen) atoms. The number of fused-ring (bicyclic) bond motifs is 1. The monoisotopic (exact) mass is 372 g/mol. The van der Waals surface area contributed by atoms with Crippen LogP contribution in [-0.4, -0.2) is 26.4 Å². The van der Waals surface area contributed by atoms with Gasteiger partial charge in [-0.15, -0.1) is 0 Å². The predicted molar refractivity (Wildman–Crippen MR) is 92.2 cm³/mol. The number of hydrogen-bond acceptors (Lipinski definition) is 4. The lowest BCUT2D eigenvalue weighted by atomic mass is 10.0. The third-order valence-corrected chi connectivity index (χ3v) is 4.60. The van der Waals surface area contributed by atoms with Gasteiger partial charge in [0.1, 0.15) is 5.82 Å². The van der Waals surface area contributed by atoms with E-state index in [4.69, 9.17) is 0 Å². The van der Waals surface area contributed by atoms with Crippen molar-refractivity contribution in [3.63, 3.8) is 0 Å². The van der Waals surface area contributed by atoms with Gasteiger partial charge in [-0.05, 0) is 24.6 Å². The first kappa shape index (κ1) is 17.4. The van der Waals surface area contributed by atoms with Gasteiger partial charge < -0.3 is 4.98 Å². The van der Waals surface area contributed by atoms with Crippen LogP contribution in [0.3, 0.4) is 0 Å². The van der Waals surface area contributed by atoms with Gasteiger partial charge in [0.15, 0.2) is 17.5 Å². The molecule has 0 aliphatic carbocycles. The normalized spacial score (nSPS) is 14.2. The van der Waals surface area contributed by atoms with Crippen LogP contribution in [0.1, 0.15) is 16.8 Å². The second-order valence-electron chi connectivity index (χ2n) is 6.38. The molecule has 4 rings (SSSR count). The molecule has 0 spiro atoms. The summed E-state index contributed by atoms with van der Waals surface area (Å²) in [5.41, 5.74) is 1.71. The van der Waals surface area contributed by atoms with Crippen LogP contribution in [0.5, 0.6) is 0 Å². The molecule has 1 N–H and O–H groups in total. The summed E-state index contributed by atoms with van der Waals surface area (Å²) >= 11 is 0. The summed E-state index contributed by atoms with van der Waals surface area (Å²) in [5.74, 6) is -3.46. The molecule has 0 atom stereocenters. The van der Waals surface area contributed by atoms with Crippen LogP contribution in [-0.2, 0) is 19.5 Å². The molecule has 0 saturated heterocycles. The quantitative estimate of drug-likeness (QED) is 0.719. The van der Waals surface area contributed by atoms with Crippen molar-refractivity contribution in [2.45, 2.75) is 19.5 Å². The number of rotatable bonds is 3. The lowest BCUT2D eigenvalue weighted by Crippen LogP contribution is -2.35. The van der Waals surface area contributed by atoms with E-state index in [-0.39, 0.29) is 17.7 Å². The van der Waals surface area contributed by atoms with Crippen molar-refractivity contribution in [2.24, 2.45) is 0 Å². The average Bonchev–Trinajstić information content (AvgIpc) is 2.69. The van der Waals surface area contributed by atoms with E-state index in [0.29, 0.717) is 42.2 Å². The molecule has 1 aliphatic heterocycles. The molecular weight excluding hydrogens is 357 g/mol. The van der Waals surface area contributed by atoms with Crippen LogP contribution >= 0.6 is 0 Å². The van der Waals surface area contributed by atoms with Crippen molar-refractivity contribution in [1.82, 2.24) is 19.9 Å². The van der Waals surface area contributed by atoms with E-state index in [1.165, 1.54) is 6.07 Å². The van der Waals surface area contributed by atoms with Gasteiger partial charge in [-0.25, -0.2) is 18.2 Å². The summed E-state index contributed by atoms with van der Waals surface area (Å²) < 4.78 is 40.5. The van der Waals surface area contributed by atoms with Gasteiger partial charge in [0.2, 0.25) is 0 Å². The number of aromatic nitrogens is 3. The van der Waals surface area contributed by atoms with E-state index in [1.807, 2.05) is 4.90 Å². The van der Waals surface area contributed by atoms with Crippen LogP contribution < -0.4 is 5.56 Å². The van der Waals surface area contributed by atoms with E-state index >= 15 is 0 Å². The Bertz CT molecular complexity index is 1050. The molecule has 8 heteroatoms. The smallest absolute Gasteiger partial charge is 0.254 e. The highest BCUT2D eigenvalue weighted by molar-refractivity contribution is 5.53. The Morgan fingerprint density at radius 1 is 1.15 bits per heavy atom. The van der Waals surface area contributed by atoms with Crippen molar-refractivity contribution in [3.8, 4) is 11.4 Å². The minimum atomic E-state index is -1.47. The summed E-state index contributed by atoms with van der Waals surface area (Å²) in [6, 6.07) is 5.67. The van der Waals surface area contributed by atoms with Gasteiger partial charge in [0.05, 0.1) is 5.69 Å². The molecule has 0 amide bonds. The summed E-state index contributed by atoms with van der Waals surface area (Å²) in [5, 5.41) is 0. The number of pyridine rings is 1. The molecule has 3 heterocycles. The van der Waals surface area contributed by atoms with Crippen LogP contribution in [0, 0.1) is 17.5 Å². The Hall–Kier alpha value is -3.00. The van der Waals surface area contributed by atoms with E-state index in [9.17, 15) is 18.0 Å². The Morgan fingerprint density at radius 2 is 2.00 bits per heavy atom. The average molecular weight is 372 g/mol. The predicted octanol–water partition coefficient (Wildman–Crippen LogP) is 2.81. The van der Waals surface area contributed by atoms with Gasteiger partial charge in [-0.2, -0.15) is 0 Å². The van der Waals surface area contributed by atoms with Crippen LogP contribution in [0.15, 0.2) is 41.5 Å². The standard InChI is InChI=1S/C19H15F3N4O/c20-14-4-3-12(16(21)17(14)22)9-26-7-5-13-15(10-26)24-18(25-19(13)27)11-2-1-6-23-8-11/h1-4,6,8H,5,7,9-10H2,(H,24,25,27). The third kappa shape index (κ3) is 3.35. The Morgan fingerprint density at radius 3 is 2.78 bits per heavy atom. The maximum absolute atomic E-state index is 13.9. The second-order valence-corrected chi connectivity index (χ2v) is 6.38. The molecule has 5 nitrogen and oxygen atoms in total. The molecule has 0 saturated carbocycles. The molecular formula is C19H15F3N4O. The number of aromatic amines is 1. The number of halogens is 3. The van der Waals surface area contributed by atoms with Crippen molar-refractivity contribution >= 4 is 0 Å². The maximum atomic E-state index is 13.9. The fourth-order valence-electron chi connectivity index (χ4n) is 3.20. The molecule has 0 bridgehead atoms. The van der Waals surface area contributed by atoms with Crippen molar-refractivity contribution in [1.29, 1.82) is 0 Å². The van der Waals surface area contributed by atoms with Gasteiger partial charge in [0.25, 0.3) is 5.56 Å². The van der Waals surface area contributed by atoms with Crippen molar-refractivity contribution < 1.29 is 13.2 Å². The van der Waals surface area contributed by atoms with E-state index in [0.717, 1.165) is 6.07 Å². The molecule has 0 unspecified atom stereocenters. The van der Waals surface area contributed by atoms with Crippen LogP contribution in [0.4, 0.5) is 13.2 Å². The highest BCUT2D eigenvalue weighted by Crippen LogP contribution is 2.22. The summed E-state index contributed by atoms with van der Waals surface area (Å²) in [7, 11) is 0. The Labute approximate surface area is 152 Å². The molecule has 1 aromatic carbocycles. The third-order valence-electron chi connectivity index (χ3n) is 4.60. The molecule has 2 aromatic heterocycles. The van der Waals surface area contributed by atoms with Gasteiger partial charge in [-0.3, -0.25) is 14.7 Å². The molecule has 1 aliphatic rings. The SMILES string of the molecule is O=c1[nH]c(-c2cccnc2)nc2c1CCN(Cc1ccc(F)c(F)c1F)C2. The van der Waals surface area contributed by atoms with Gasteiger partial charge in [-0.1, -0.05) is 6.07 Å². The number of H-pyrrole nitrogens is 1. The van der Waals surface area contributed by atoms with Crippen molar-refractivity contribution in [2.75, 3.05) is 6.54 Å². The first-order valence-electron chi connectivity index (χ1n) is 8.40. The number of benzene rings is 1. The highest BCUT2D eigenvalue weighted by atomic mass is 19.2. The second kappa shape index (κ2) is 6.96. The molecule has 138 valence electrons. The lowest BCUT2D eigenvalue weighted by molar-refractivity contribution is 0.236. The minimum Gasteiger partial charge on any atom is -0.306 e. The largest absolute Gasteiger partial charge is 0.306 e. The molecule has 0 fully saturated rings. The van der Waals surface area contributed by atoms with E-state index in [1.54, 1.807) is 24.5 Å². The fourth-order valence-corrected chi connectivity index (χ4v) is 3.20. The van der Waals surface area contributed by atoms with Crippen LogP contribution in [0.25, 0.3) is 11.4 Å². The first-order chi connectivity index (χ1) is 13.0. The minimum absolute atomic E-state index is 0.0645. The summed E-state index contributed by atoms with van der Waals surface area (Å²) in [6.45, 7) is 0.895. The Balaban J connectivity index is 1.62. The zero-order valence-electron chi connectivity index (χ0n) is 14.2. The topological polar surface area (TPSA) is 61.9 Å². The van der Waals surface area contributed by atoms with E-state index in [2.05, 4.69) is 15.0 Å². The van der Waals surface area contributed by atoms with Crippen LogP contribution in [0.2, 0.25) is 0 Å². The van der Waals surface area contributed by atoms with E-state index < -0.39 is 17.5 Å². The highest BCUT2D eigenvalue weighted by Gasteiger charge is 2.23. The maximum Gasteiger partial charge on any atom is 0.254 e. The number of hydrogen-bond donors (Lipinski definition) is 1. The molecule has 3 aromatic rings. The fraction of sp³-hybridized carbons (Fsp3) is 0.211.